The van der Waals surface area contributed by atoms with Gasteiger partial charge in [-0.25, -0.2) is 4.98 Å². The number of hydrogen-bond acceptors (Lipinski definition) is 5. The van der Waals surface area contributed by atoms with Crippen LogP contribution in [0.1, 0.15) is 20.8 Å². The van der Waals surface area contributed by atoms with E-state index in [1.54, 1.807) is 13.3 Å². The fourth-order valence-electron chi connectivity index (χ4n) is 2.17. The number of amides is 1. The van der Waals surface area contributed by atoms with E-state index in [0.29, 0.717) is 11.5 Å². The first-order valence-electron chi connectivity index (χ1n) is 6.97. The van der Waals surface area contributed by atoms with Crippen LogP contribution in [0.15, 0.2) is 41.5 Å². The fraction of sp³-hybridized carbons (Fsp3) is 0.188. The highest BCUT2D eigenvalue weighted by Crippen LogP contribution is 2.13. The molecule has 0 atom stereocenters. The zero-order valence-corrected chi connectivity index (χ0v) is 13.5. The largest absolute Gasteiger partial charge is 0.497 e. The van der Waals surface area contributed by atoms with E-state index in [0.717, 1.165) is 16.2 Å². The van der Waals surface area contributed by atoms with Crippen molar-refractivity contribution < 1.29 is 9.53 Å². The fourth-order valence-corrected chi connectivity index (χ4v) is 2.96. The summed E-state index contributed by atoms with van der Waals surface area (Å²) >= 11 is 1.41. The first-order chi connectivity index (χ1) is 11.1. The summed E-state index contributed by atoms with van der Waals surface area (Å²) in [4.78, 5) is 30.3. The van der Waals surface area contributed by atoms with E-state index >= 15 is 0 Å². The molecule has 0 unspecified atom stereocenters. The molecule has 3 aromatic rings. The minimum atomic E-state index is -0.434. The lowest BCUT2D eigenvalue weighted by molar-refractivity contribution is 0.0949. The van der Waals surface area contributed by atoms with Crippen molar-refractivity contribution in [2.24, 2.45) is 0 Å². The molecule has 118 valence electrons. The lowest BCUT2D eigenvalue weighted by Crippen LogP contribution is -2.30. The van der Waals surface area contributed by atoms with Gasteiger partial charge in [0.2, 0.25) is 0 Å². The number of carbonyl (C=O) groups excluding carboxylic acids is 1. The van der Waals surface area contributed by atoms with Crippen LogP contribution in [0.5, 0.6) is 5.75 Å². The van der Waals surface area contributed by atoms with Crippen LogP contribution in [0.3, 0.4) is 0 Å². The van der Waals surface area contributed by atoms with Crippen LogP contribution >= 0.6 is 11.3 Å². The minimum Gasteiger partial charge on any atom is -0.497 e. The number of fused-ring (bicyclic) bond motifs is 1. The molecule has 0 saturated heterocycles. The highest BCUT2D eigenvalue weighted by molar-refractivity contribution is 7.16. The number of methoxy groups -OCH3 is 1. The van der Waals surface area contributed by atoms with Gasteiger partial charge in [-0.2, -0.15) is 0 Å². The maximum atomic E-state index is 12.3. The zero-order chi connectivity index (χ0) is 16.4. The molecule has 3 rings (SSSR count). The summed E-state index contributed by atoms with van der Waals surface area (Å²) in [5, 5.41) is 2.74. The topological polar surface area (TPSA) is 72.7 Å². The molecule has 6 nitrogen and oxygen atoms in total. The van der Waals surface area contributed by atoms with Crippen LogP contribution < -0.4 is 15.6 Å². The Balaban J connectivity index is 1.77. The lowest BCUT2D eigenvalue weighted by atomic mass is 10.2. The van der Waals surface area contributed by atoms with Gasteiger partial charge < -0.3 is 10.1 Å². The van der Waals surface area contributed by atoms with Crippen molar-refractivity contribution in [1.82, 2.24) is 14.7 Å². The highest BCUT2D eigenvalue weighted by Gasteiger charge is 2.14. The van der Waals surface area contributed by atoms with Gasteiger partial charge in [-0.1, -0.05) is 12.1 Å². The second kappa shape index (κ2) is 6.21. The Labute approximate surface area is 136 Å². The number of aromatic nitrogens is 2. The van der Waals surface area contributed by atoms with Crippen LogP contribution in [0, 0.1) is 6.92 Å². The van der Waals surface area contributed by atoms with Crippen molar-refractivity contribution >= 4 is 22.2 Å². The Bertz CT molecular complexity index is 912. The molecule has 0 spiro atoms. The van der Waals surface area contributed by atoms with Crippen LogP contribution in [0.4, 0.5) is 0 Å². The van der Waals surface area contributed by atoms with Crippen LogP contribution in [-0.4, -0.2) is 22.4 Å². The molecule has 1 amide bonds. The molecule has 0 radical (unpaired) electrons. The molecule has 1 aromatic carbocycles. The maximum Gasteiger partial charge on any atom is 0.271 e. The average molecular weight is 329 g/mol. The van der Waals surface area contributed by atoms with Gasteiger partial charge in [0.1, 0.15) is 11.3 Å². The summed E-state index contributed by atoms with van der Waals surface area (Å²) in [6, 6.07) is 7.35. The van der Waals surface area contributed by atoms with E-state index in [4.69, 9.17) is 4.74 Å². The van der Waals surface area contributed by atoms with E-state index in [1.165, 1.54) is 21.9 Å². The molecule has 0 bridgehead atoms. The summed E-state index contributed by atoms with van der Waals surface area (Å²) in [6.45, 7) is 2.22. The van der Waals surface area contributed by atoms with Gasteiger partial charge in [0, 0.05) is 23.8 Å². The van der Waals surface area contributed by atoms with Gasteiger partial charge in [0.05, 0.1) is 7.11 Å². The number of aryl methyl sites for hydroxylation is 1. The third-order valence-corrected chi connectivity index (χ3v) is 4.29. The lowest BCUT2D eigenvalue weighted by Gasteiger charge is -2.06. The van der Waals surface area contributed by atoms with E-state index < -0.39 is 5.91 Å². The molecule has 0 saturated carbocycles. The monoisotopic (exact) mass is 329 g/mol. The summed E-state index contributed by atoms with van der Waals surface area (Å²) in [5.74, 6) is 0.317. The van der Waals surface area contributed by atoms with E-state index in [9.17, 15) is 9.59 Å². The summed E-state index contributed by atoms with van der Waals surface area (Å²) < 4.78 is 6.49. The van der Waals surface area contributed by atoms with Gasteiger partial charge in [-0.05, 0) is 24.6 Å². The quantitative estimate of drug-likeness (QED) is 0.795. The predicted molar refractivity (Wildman–Crippen MR) is 88.2 cm³/mol. The van der Waals surface area contributed by atoms with Crippen molar-refractivity contribution in [3.05, 3.63) is 63.0 Å². The van der Waals surface area contributed by atoms with E-state index in [1.807, 2.05) is 31.2 Å². The Kier molecular flexibility index (Phi) is 4.12. The van der Waals surface area contributed by atoms with E-state index in [2.05, 4.69) is 10.3 Å². The molecule has 7 heteroatoms. The molecule has 0 fully saturated rings. The molecule has 0 aliphatic rings. The molecule has 0 aliphatic heterocycles. The van der Waals surface area contributed by atoms with Gasteiger partial charge >= 0.3 is 0 Å². The zero-order valence-electron chi connectivity index (χ0n) is 12.7. The second-order valence-electron chi connectivity index (χ2n) is 5.00. The molecule has 23 heavy (non-hydrogen) atoms. The Hall–Kier alpha value is -2.67. The minimum absolute atomic E-state index is 0.0359. The third kappa shape index (κ3) is 3.09. The van der Waals surface area contributed by atoms with Crippen molar-refractivity contribution in [2.45, 2.75) is 13.5 Å². The SMILES string of the molecule is COc1ccc(CNC(=O)c2cnc3sc(C)cn3c2=O)cc1. The van der Waals surface area contributed by atoms with Gasteiger partial charge in [0.25, 0.3) is 11.5 Å². The van der Waals surface area contributed by atoms with Crippen molar-refractivity contribution in [1.29, 1.82) is 0 Å². The Morgan fingerprint density at radius 3 is 2.78 bits per heavy atom. The van der Waals surface area contributed by atoms with Gasteiger partial charge in [-0.15, -0.1) is 11.3 Å². The number of nitrogens with one attached hydrogen (secondary N) is 1. The molecular formula is C16H15N3O3S. The van der Waals surface area contributed by atoms with Crippen molar-refractivity contribution in [3.63, 3.8) is 0 Å². The molecular weight excluding hydrogens is 314 g/mol. The number of nitrogens with zero attached hydrogens (tertiary/aromatic N) is 2. The van der Waals surface area contributed by atoms with Crippen molar-refractivity contribution in [3.8, 4) is 5.75 Å². The average Bonchev–Trinajstić information content (AvgIpc) is 2.95. The highest BCUT2D eigenvalue weighted by atomic mass is 32.1. The number of hydrogen-bond donors (Lipinski definition) is 1. The van der Waals surface area contributed by atoms with Crippen LogP contribution in [0.2, 0.25) is 0 Å². The number of ether oxygens (including phenoxy) is 1. The summed E-state index contributed by atoms with van der Waals surface area (Å²) in [7, 11) is 1.60. The Morgan fingerprint density at radius 2 is 2.09 bits per heavy atom. The number of benzene rings is 1. The number of carbonyl (C=O) groups is 1. The normalized spacial score (nSPS) is 10.7. The molecule has 1 N–H and O–H groups in total. The predicted octanol–water partition coefficient (Wildman–Crippen LogP) is 2.00. The first-order valence-corrected chi connectivity index (χ1v) is 7.79. The smallest absolute Gasteiger partial charge is 0.271 e. The first kappa shape index (κ1) is 15.2. The molecule has 2 aromatic heterocycles. The number of thiazole rings is 1. The number of rotatable bonds is 4. The summed E-state index contributed by atoms with van der Waals surface area (Å²) in [5.41, 5.74) is 0.597. The maximum absolute atomic E-state index is 12.3. The van der Waals surface area contributed by atoms with Crippen molar-refractivity contribution in [2.75, 3.05) is 7.11 Å². The van der Waals surface area contributed by atoms with E-state index in [-0.39, 0.29) is 11.1 Å². The second-order valence-corrected chi connectivity index (χ2v) is 6.22. The van der Waals surface area contributed by atoms with Gasteiger partial charge in [-0.3, -0.25) is 14.0 Å². The molecule has 2 heterocycles. The third-order valence-electron chi connectivity index (χ3n) is 3.38. The van der Waals surface area contributed by atoms with Crippen LogP contribution in [-0.2, 0) is 6.54 Å². The van der Waals surface area contributed by atoms with Crippen LogP contribution in [0.25, 0.3) is 4.96 Å². The standard InChI is InChI=1S/C16H15N3O3S/c1-10-9-19-15(21)13(8-18-16(19)23-10)14(20)17-7-11-3-5-12(22-2)6-4-11/h3-6,8-9H,7H2,1-2H3,(H,17,20). The summed E-state index contributed by atoms with van der Waals surface area (Å²) in [6.07, 6.45) is 3.02. The Morgan fingerprint density at radius 1 is 1.35 bits per heavy atom. The molecule has 0 aliphatic carbocycles. The van der Waals surface area contributed by atoms with Gasteiger partial charge in [0.15, 0.2) is 4.96 Å².